The van der Waals surface area contributed by atoms with Crippen molar-refractivity contribution < 1.29 is 0 Å². The van der Waals surface area contributed by atoms with E-state index in [9.17, 15) is 4.79 Å². The minimum Gasteiger partial charge on any atom is -0.309 e. The Morgan fingerprint density at radius 3 is 2.45 bits per heavy atom. The highest BCUT2D eigenvalue weighted by atomic mass is 16.1. The van der Waals surface area contributed by atoms with E-state index in [1.54, 1.807) is 4.57 Å². The molecule has 1 aliphatic rings. The first-order valence-corrected chi connectivity index (χ1v) is 6.89. The van der Waals surface area contributed by atoms with E-state index < -0.39 is 0 Å². The second kappa shape index (κ2) is 4.74. The summed E-state index contributed by atoms with van der Waals surface area (Å²) < 4.78 is 1.72. The minimum atomic E-state index is -0.0142. The summed E-state index contributed by atoms with van der Waals surface area (Å²) in [5, 5.41) is 8.38. The lowest BCUT2D eigenvalue weighted by molar-refractivity contribution is 0.678. The number of fused-ring (bicyclic) bond motifs is 1. The highest BCUT2D eigenvalue weighted by Gasteiger charge is 2.25. The first-order valence-electron chi connectivity index (χ1n) is 6.89. The molecule has 5 heteroatoms. The van der Waals surface area contributed by atoms with E-state index in [-0.39, 0.29) is 11.5 Å². The van der Waals surface area contributed by atoms with Crippen molar-refractivity contribution >= 4 is 11.6 Å². The molecule has 0 unspecified atom stereocenters. The third-order valence-corrected chi connectivity index (χ3v) is 3.63. The van der Waals surface area contributed by atoms with Crippen LogP contribution in [0.4, 0.5) is 11.6 Å². The first kappa shape index (κ1) is 12.8. The predicted octanol–water partition coefficient (Wildman–Crippen LogP) is 2.22. The summed E-state index contributed by atoms with van der Waals surface area (Å²) in [4.78, 5) is 14.4. The fourth-order valence-corrected chi connectivity index (χ4v) is 2.46. The van der Waals surface area contributed by atoms with Gasteiger partial charge >= 0.3 is 0 Å². The van der Waals surface area contributed by atoms with Crippen molar-refractivity contribution in [3.05, 3.63) is 45.9 Å². The largest absolute Gasteiger partial charge is 0.309 e. The van der Waals surface area contributed by atoms with Gasteiger partial charge < -0.3 is 4.90 Å². The lowest BCUT2D eigenvalue weighted by Crippen LogP contribution is -2.26. The highest BCUT2D eigenvalue weighted by molar-refractivity contribution is 5.59. The van der Waals surface area contributed by atoms with Crippen LogP contribution in [0.15, 0.2) is 29.1 Å². The molecule has 0 amide bonds. The van der Waals surface area contributed by atoms with Gasteiger partial charge in [-0.25, -0.2) is 0 Å². The average molecular weight is 270 g/mol. The van der Waals surface area contributed by atoms with Crippen LogP contribution in [0.2, 0.25) is 0 Å². The quantitative estimate of drug-likeness (QED) is 0.839. The maximum absolute atomic E-state index is 12.4. The molecular weight excluding hydrogens is 252 g/mol. The average Bonchev–Trinajstić information content (AvgIpc) is 2.84. The van der Waals surface area contributed by atoms with Gasteiger partial charge in [-0.1, -0.05) is 31.5 Å². The van der Waals surface area contributed by atoms with E-state index in [1.807, 2.05) is 30.9 Å². The van der Waals surface area contributed by atoms with Gasteiger partial charge in [0.1, 0.15) is 5.69 Å². The van der Waals surface area contributed by atoms with Gasteiger partial charge in [-0.15, -0.1) is 10.2 Å². The Balaban J connectivity index is 2.05. The number of nitrogens with zero attached hydrogens (tertiary/aromatic N) is 4. The van der Waals surface area contributed by atoms with E-state index in [1.165, 1.54) is 5.56 Å². The van der Waals surface area contributed by atoms with Crippen LogP contribution in [0.25, 0.3) is 0 Å². The summed E-state index contributed by atoms with van der Waals surface area (Å²) in [5.74, 6) is 0.740. The molecule has 2 heterocycles. The lowest BCUT2D eigenvalue weighted by atomic mass is 10.1. The van der Waals surface area contributed by atoms with Crippen LogP contribution in [-0.4, -0.2) is 21.3 Å². The van der Waals surface area contributed by atoms with Gasteiger partial charge in [0.2, 0.25) is 5.95 Å². The van der Waals surface area contributed by atoms with E-state index in [4.69, 9.17) is 0 Å². The van der Waals surface area contributed by atoms with Crippen LogP contribution in [0, 0.1) is 6.92 Å². The molecular formula is C15H18N4O. The second-order valence-electron chi connectivity index (χ2n) is 5.48. The fraction of sp³-hybridized carbons (Fsp3) is 0.400. The summed E-state index contributed by atoms with van der Waals surface area (Å²) in [6.45, 7) is 7.41. The van der Waals surface area contributed by atoms with Crippen molar-refractivity contribution in [2.75, 3.05) is 11.4 Å². The molecule has 0 saturated heterocycles. The van der Waals surface area contributed by atoms with Crippen molar-refractivity contribution in [2.24, 2.45) is 0 Å². The van der Waals surface area contributed by atoms with E-state index in [0.29, 0.717) is 18.2 Å². The molecule has 0 radical (unpaired) electrons. The Bertz CT molecular complexity index is 688. The van der Waals surface area contributed by atoms with Crippen molar-refractivity contribution in [3.8, 4) is 0 Å². The SMILES string of the molecule is Cc1ccc(N2CCn3c2nnc(C(C)C)c3=O)cc1. The second-order valence-corrected chi connectivity index (χ2v) is 5.48. The molecule has 1 aromatic carbocycles. The number of benzene rings is 1. The van der Waals surface area contributed by atoms with Gasteiger partial charge in [-0.3, -0.25) is 9.36 Å². The molecule has 104 valence electrons. The monoisotopic (exact) mass is 270 g/mol. The van der Waals surface area contributed by atoms with Crippen LogP contribution >= 0.6 is 0 Å². The summed E-state index contributed by atoms with van der Waals surface area (Å²) in [5.41, 5.74) is 2.79. The zero-order valence-corrected chi connectivity index (χ0v) is 12.0. The minimum absolute atomic E-state index is 0.0142. The van der Waals surface area contributed by atoms with Gasteiger partial charge in [-0.2, -0.15) is 0 Å². The number of aryl methyl sites for hydroxylation is 1. The van der Waals surface area contributed by atoms with Crippen LogP contribution in [0.1, 0.15) is 31.0 Å². The third-order valence-electron chi connectivity index (χ3n) is 3.63. The lowest BCUT2D eigenvalue weighted by Gasteiger charge is -2.17. The van der Waals surface area contributed by atoms with E-state index >= 15 is 0 Å². The Morgan fingerprint density at radius 1 is 1.10 bits per heavy atom. The Morgan fingerprint density at radius 2 is 1.80 bits per heavy atom. The molecule has 0 atom stereocenters. The Hall–Kier alpha value is -2.17. The van der Waals surface area contributed by atoms with Gasteiger partial charge in [0.15, 0.2) is 0 Å². The molecule has 0 aliphatic carbocycles. The number of anilines is 2. The van der Waals surface area contributed by atoms with Crippen LogP contribution < -0.4 is 10.5 Å². The van der Waals surface area contributed by atoms with Crippen molar-refractivity contribution in [2.45, 2.75) is 33.2 Å². The number of rotatable bonds is 2. The van der Waals surface area contributed by atoms with E-state index in [2.05, 4.69) is 29.3 Å². The topological polar surface area (TPSA) is 51.0 Å². The summed E-state index contributed by atoms with van der Waals surface area (Å²) in [6.07, 6.45) is 0. The normalized spacial score (nSPS) is 13.9. The molecule has 0 fully saturated rings. The summed E-state index contributed by atoms with van der Waals surface area (Å²) >= 11 is 0. The van der Waals surface area contributed by atoms with Crippen LogP contribution in [-0.2, 0) is 6.54 Å². The number of aromatic nitrogens is 3. The maximum atomic E-state index is 12.4. The summed E-state index contributed by atoms with van der Waals surface area (Å²) in [6, 6.07) is 8.22. The van der Waals surface area contributed by atoms with Crippen LogP contribution in [0.3, 0.4) is 0 Å². The van der Waals surface area contributed by atoms with Gasteiger partial charge in [0, 0.05) is 24.7 Å². The van der Waals surface area contributed by atoms with E-state index in [0.717, 1.165) is 12.2 Å². The highest BCUT2D eigenvalue weighted by Crippen LogP contribution is 2.26. The van der Waals surface area contributed by atoms with Crippen molar-refractivity contribution in [1.29, 1.82) is 0 Å². The smallest absolute Gasteiger partial charge is 0.277 e. The van der Waals surface area contributed by atoms with Gasteiger partial charge in [-0.05, 0) is 19.1 Å². The molecule has 3 rings (SSSR count). The Labute approximate surface area is 117 Å². The summed E-state index contributed by atoms with van der Waals surface area (Å²) in [7, 11) is 0. The zero-order chi connectivity index (χ0) is 14.3. The first-order chi connectivity index (χ1) is 9.58. The number of hydrogen-bond acceptors (Lipinski definition) is 4. The molecule has 1 aromatic heterocycles. The molecule has 0 spiro atoms. The van der Waals surface area contributed by atoms with Crippen molar-refractivity contribution in [3.63, 3.8) is 0 Å². The molecule has 20 heavy (non-hydrogen) atoms. The Kier molecular flexibility index (Phi) is 3.04. The molecule has 1 aliphatic heterocycles. The fourth-order valence-electron chi connectivity index (χ4n) is 2.46. The molecule has 0 saturated carbocycles. The molecule has 2 aromatic rings. The molecule has 0 bridgehead atoms. The zero-order valence-electron chi connectivity index (χ0n) is 12.0. The maximum Gasteiger partial charge on any atom is 0.277 e. The standard InChI is InChI=1S/C15H18N4O/c1-10(2)13-14(20)19-9-8-18(15(19)17-16-13)12-6-4-11(3)5-7-12/h4-7,10H,8-9H2,1-3H3. The van der Waals surface area contributed by atoms with Gasteiger partial charge in [0.05, 0.1) is 0 Å². The predicted molar refractivity (Wildman–Crippen MR) is 78.6 cm³/mol. The van der Waals surface area contributed by atoms with Crippen LogP contribution in [0.5, 0.6) is 0 Å². The third kappa shape index (κ3) is 1.99. The van der Waals surface area contributed by atoms with Gasteiger partial charge in [0.25, 0.3) is 5.56 Å². The molecule has 5 nitrogen and oxygen atoms in total. The number of hydrogen-bond donors (Lipinski definition) is 0. The molecule has 0 N–H and O–H groups in total. The van der Waals surface area contributed by atoms with Crippen molar-refractivity contribution in [1.82, 2.24) is 14.8 Å².